The van der Waals surface area contributed by atoms with E-state index in [-0.39, 0.29) is 11.2 Å². The molecule has 0 aromatic heterocycles. The minimum atomic E-state index is -0.326. The summed E-state index contributed by atoms with van der Waals surface area (Å²) in [6.45, 7) is 9.01. The van der Waals surface area contributed by atoms with Crippen LogP contribution in [0.4, 0.5) is 0 Å². The molecule has 27 heavy (non-hydrogen) atoms. The molecule has 2 aromatic rings. The number of benzene rings is 2. The molecule has 2 nitrogen and oxygen atoms in total. The van der Waals surface area contributed by atoms with Crippen molar-refractivity contribution < 1.29 is 4.74 Å². The summed E-state index contributed by atoms with van der Waals surface area (Å²) in [5, 5.41) is 0. The van der Waals surface area contributed by atoms with Crippen LogP contribution in [0.25, 0.3) is 0 Å². The van der Waals surface area contributed by atoms with Gasteiger partial charge < -0.3 is 4.74 Å². The number of rotatable bonds is 5. The van der Waals surface area contributed by atoms with Crippen LogP contribution in [0.1, 0.15) is 51.2 Å². The quantitative estimate of drug-likeness (QED) is 0.658. The number of ether oxygens (including phenoxy) is 1. The van der Waals surface area contributed by atoms with E-state index in [1.165, 1.54) is 17.5 Å². The lowest BCUT2D eigenvalue weighted by molar-refractivity contribution is -0.135. The Balaban J connectivity index is 1.70. The maximum atomic E-state index is 6.29. The highest BCUT2D eigenvalue weighted by molar-refractivity contribution is 5.19. The summed E-state index contributed by atoms with van der Waals surface area (Å²) in [5.41, 5.74) is 2.23. The molecule has 1 atom stereocenters. The predicted octanol–water partition coefficient (Wildman–Crippen LogP) is 5.43. The molecule has 1 aliphatic heterocycles. The van der Waals surface area contributed by atoms with Crippen LogP contribution in [-0.2, 0) is 17.8 Å². The zero-order valence-corrected chi connectivity index (χ0v) is 16.9. The van der Waals surface area contributed by atoms with Crippen molar-refractivity contribution in [2.24, 2.45) is 0 Å². The fourth-order valence-corrected chi connectivity index (χ4v) is 3.84. The molecular formula is C25H31NO. The second-order valence-electron chi connectivity index (χ2n) is 8.36. The molecule has 0 saturated carbocycles. The Morgan fingerprint density at radius 2 is 1.41 bits per heavy atom. The molecule has 0 N–H and O–H groups in total. The van der Waals surface area contributed by atoms with Crippen molar-refractivity contribution in [2.75, 3.05) is 6.54 Å². The van der Waals surface area contributed by atoms with Gasteiger partial charge >= 0.3 is 0 Å². The first-order valence-electron chi connectivity index (χ1n) is 9.95. The Bertz CT molecular complexity index is 731. The fraction of sp³-hybridized carbons (Fsp3) is 0.440. The van der Waals surface area contributed by atoms with Gasteiger partial charge in [0.1, 0.15) is 5.60 Å². The molecule has 1 fully saturated rings. The molecule has 0 radical (unpaired) electrons. The highest BCUT2D eigenvalue weighted by atomic mass is 16.5. The summed E-state index contributed by atoms with van der Waals surface area (Å²) in [5.74, 6) is 6.87. The third-order valence-electron chi connectivity index (χ3n) is 5.09. The van der Waals surface area contributed by atoms with Crippen LogP contribution in [0.15, 0.2) is 60.7 Å². The van der Waals surface area contributed by atoms with E-state index in [2.05, 4.69) is 98.2 Å². The van der Waals surface area contributed by atoms with Gasteiger partial charge in [-0.25, -0.2) is 0 Å². The van der Waals surface area contributed by atoms with Gasteiger partial charge in [0, 0.05) is 13.1 Å². The van der Waals surface area contributed by atoms with Crippen molar-refractivity contribution in [3.8, 4) is 11.8 Å². The largest absolute Gasteiger partial charge is 0.357 e. The van der Waals surface area contributed by atoms with E-state index in [1.807, 2.05) is 0 Å². The van der Waals surface area contributed by atoms with Gasteiger partial charge in [-0.3, -0.25) is 4.90 Å². The van der Waals surface area contributed by atoms with Crippen LogP contribution in [-0.4, -0.2) is 22.6 Å². The van der Waals surface area contributed by atoms with E-state index < -0.39 is 0 Å². The lowest BCUT2D eigenvalue weighted by atomic mass is 9.88. The van der Waals surface area contributed by atoms with Gasteiger partial charge in [0.2, 0.25) is 0 Å². The van der Waals surface area contributed by atoms with Gasteiger partial charge in [-0.2, -0.15) is 0 Å². The van der Waals surface area contributed by atoms with Crippen molar-refractivity contribution in [1.29, 1.82) is 0 Å². The SMILES string of the molecule is CC1(C)CCCC(C)(C#CCN(Cc2ccccc2)Cc2ccccc2)O1. The number of hydrogen-bond donors (Lipinski definition) is 0. The maximum Gasteiger partial charge on any atom is 0.126 e. The summed E-state index contributed by atoms with van der Waals surface area (Å²) in [7, 11) is 0. The van der Waals surface area contributed by atoms with E-state index in [9.17, 15) is 0 Å². The molecule has 0 spiro atoms. The minimum absolute atomic E-state index is 0.0740. The van der Waals surface area contributed by atoms with Gasteiger partial charge in [-0.15, -0.1) is 0 Å². The van der Waals surface area contributed by atoms with Crippen LogP contribution >= 0.6 is 0 Å². The molecule has 3 rings (SSSR count). The van der Waals surface area contributed by atoms with E-state index in [0.29, 0.717) is 0 Å². The predicted molar refractivity (Wildman–Crippen MR) is 112 cm³/mol. The molecule has 1 aliphatic rings. The number of hydrogen-bond acceptors (Lipinski definition) is 2. The summed E-state index contributed by atoms with van der Waals surface area (Å²) in [6.07, 6.45) is 3.30. The molecule has 0 amide bonds. The molecule has 0 aliphatic carbocycles. The summed E-state index contributed by atoms with van der Waals surface area (Å²) < 4.78 is 6.29. The van der Waals surface area contributed by atoms with Crippen LogP contribution in [0.2, 0.25) is 0 Å². The monoisotopic (exact) mass is 361 g/mol. The summed E-state index contributed by atoms with van der Waals surface area (Å²) in [4.78, 5) is 2.40. The van der Waals surface area contributed by atoms with Crippen LogP contribution in [0, 0.1) is 11.8 Å². The topological polar surface area (TPSA) is 12.5 Å². The van der Waals surface area contributed by atoms with Crippen molar-refractivity contribution in [1.82, 2.24) is 4.90 Å². The molecule has 1 heterocycles. The third kappa shape index (κ3) is 6.24. The Morgan fingerprint density at radius 3 is 1.93 bits per heavy atom. The first-order valence-corrected chi connectivity index (χ1v) is 9.95. The highest BCUT2D eigenvalue weighted by Crippen LogP contribution is 2.34. The first kappa shape index (κ1) is 19.7. The van der Waals surface area contributed by atoms with Crippen molar-refractivity contribution in [3.63, 3.8) is 0 Å². The van der Waals surface area contributed by atoms with Gasteiger partial charge in [-0.05, 0) is 51.2 Å². The second-order valence-corrected chi connectivity index (χ2v) is 8.36. The maximum absolute atomic E-state index is 6.29. The number of nitrogens with zero attached hydrogens (tertiary/aromatic N) is 1. The fourth-order valence-electron chi connectivity index (χ4n) is 3.84. The summed E-state index contributed by atoms with van der Waals surface area (Å²) >= 11 is 0. The smallest absolute Gasteiger partial charge is 0.126 e. The molecular weight excluding hydrogens is 330 g/mol. The van der Waals surface area contributed by atoms with Crippen molar-refractivity contribution in [2.45, 2.75) is 64.3 Å². The Hall–Kier alpha value is -2.08. The van der Waals surface area contributed by atoms with E-state index in [1.54, 1.807) is 0 Å². The Labute approximate surface area is 164 Å². The zero-order chi connectivity index (χ0) is 19.2. The lowest BCUT2D eigenvalue weighted by Gasteiger charge is -2.40. The molecule has 0 bridgehead atoms. The molecule has 1 saturated heterocycles. The van der Waals surface area contributed by atoms with Gasteiger partial charge in [0.15, 0.2) is 0 Å². The minimum Gasteiger partial charge on any atom is -0.357 e. The van der Waals surface area contributed by atoms with Crippen molar-refractivity contribution >= 4 is 0 Å². The van der Waals surface area contributed by atoms with Gasteiger partial charge in [0.25, 0.3) is 0 Å². The standard InChI is InChI=1S/C25H31NO/c1-24(2)16-10-17-25(3,27-24)18-11-19-26(20-22-12-6-4-7-13-22)21-23-14-8-5-9-15-23/h4-9,12-15H,10,16-17,19-21H2,1-3H3. The van der Waals surface area contributed by atoms with Crippen LogP contribution in [0.5, 0.6) is 0 Å². The normalized spacial score (nSPS) is 21.5. The van der Waals surface area contributed by atoms with Crippen molar-refractivity contribution in [3.05, 3.63) is 71.8 Å². The average Bonchev–Trinajstić information content (AvgIpc) is 2.62. The van der Waals surface area contributed by atoms with Crippen LogP contribution in [0.3, 0.4) is 0 Å². The second kappa shape index (κ2) is 8.74. The van der Waals surface area contributed by atoms with Gasteiger partial charge in [-0.1, -0.05) is 72.5 Å². The zero-order valence-electron chi connectivity index (χ0n) is 16.9. The lowest BCUT2D eigenvalue weighted by Crippen LogP contribution is -2.42. The third-order valence-corrected chi connectivity index (χ3v) is 5.09. The molecule has 1 unspecified atom stereocenters. The summed E-state index contributed by atoms with van der Waals surface area (Å²) in [6, 6.07) is 21.2. The molecule has 142 valence electrons. The Kier molecular flexibility index (Phi) is 6.37. The van der Waals surface area contributed by atoms with E-state index >= 15 is 0 Å². The molecule has 2 aromatic carbocycles. The van der Waals surface area contributed by atoms with E-state index in [4.69, 9.17) is 4.74 Å². The Morgan fingerprint density at radius 1 is 0.852 bits per heavy atom. The molecule has 2 heteroatoms. The highest BCUT2D eigenvalue weighted by Gasteiger charge is 2.35. The average molecular weight is 362 g/mol. The van der Waals surface area contributed by atoms with E-state index in [0.717, 1.165) is 32.5 Å². The first-order chi connectivity index (χ1) is 12.9. The van der Waals surface area contributed by atoms with Crippen LogP contribution < -0.4 is 0 Å². The van der Waals surface area contributed by atoms with Gasteiger partial charge in [0.05, 0.1) is 12.1 Å².